The number of nitrogens with zero attached hydrogens (tertiary/aromatic N) is 1. The van der Waals surface area contributed by atoms with Gasteiger partial charge in [0.2, 0.25) is 5.75 Å². The van der Waals surface area contributed by atoms with E-state index in [2.05, 4.69) is 15.6 Å². The molecule has 2 aromatic carbocycles. The number of methoxy groups -OCH3 is 3. The van der Waals surface area contributed by atoms with Gasteiger partial charge in [0.25, 0.3) is 11.8 Å². The molecule has 0 bridgehead atoms. The third kappa shape index (κ3) is 4.89. The third-order valence-corrected chi connectivity index (χ3v) is 5.67. The molecule has 0 fully saturated rings. The van der Waals surface area contributed by atoms with Crippen LogP contribution < -0.4 is 24.8 Å². The summed E-state index contributed by atoms with van der Waals surface area (Å²) in [5, 5.41) is 6.15. The Balaban J connectivity index is 1.80. The van der Waals surface area contributed by atoms with E-state index < -0.39 is 5.91 Å². The molecule has 0 atom stereocenters. The largest absolute Gasteiger partial charge is 0.493 e. The van der Waals surface area contributed by atoms with Crippen LogP contribution >= 0.6 is 22.9 Å². The minimum absolute atomic E-state index is 0.278. The van der Waals surface area contributed by atoms with E-state index in [-0.39, 0.29) is 16.6 Å². The molecular weight excluding hydrogens is 442 g/mol. The van der Waals surface area contributed by atoms with Crippen LogP contribution in [0.2, 0.25) is 5.02 Å². The number of aryl methyl sites for hydroxylation is 1. The van der Waals surface area contributed by atoms with Crippen molar-refractivity contribution in [3.05, 3.63) is 57.6 Å². The molecule has 162 valence electrons. The van der Waals surface area contributed by atoms with E-state index in [1.807, 2.05) is 0 Å². The summed E-state index contributed by atoms with van der Waals surface area (Å²) in [7, 11) is 4.41. The lowest BCUT2D eigenvalue weighted by Crippen LogP contribution is -2.12. The minimum Gasteiger partial charge on any atom is -0.493 e. The first-order valence-electron chi connectivity index (χ1n) is 9.02. The lowest BCUT2D eigenvalue weighted by Gasteiger charge is -2.13. The van der Waals surface area contributed by atoms with Gasteiger partial charge in [0.15, 0.2) is 16.6 Å². The first-order chi connectivity index (χ1) is 14.9. The molecule has 0 unspecified atom stereocenters. The molecule has 0 spiro atoms. The van der Waals surface area contributed by atoms with Crippen LogP contribution in [0.15, 0.2) is 36.4 Å². The van der Waals surface area contributed by atoms with Gasteiger partial charge in [-0.1, -0.05) is 35.1 Å². The molecule has 31 heavy (non-hydrogen) atoms. The van der Waals surface area contributed by atoms with Crippen LogP contribution in [0.1, 0.15) is 25.7 Å². The molecule has 0 radical (unpaired) electrons. The molecule has 1 aromatic heterocycles. The van der Waals surface area contributed by atoms with Crippen molar-refractivity contribution in [1.82, 2.24) is 4.98 Å². The lowest BCUT2D eigenvalue weighted by atomic mass is 10.1. The van der Waals surface area contributed by atoms with E-state index in [0.717, 1.165) is 11.3 Å². The molecule has 0 saturated carbocycles. The van der Waals surface area contributed by atoms with Crippen LogP contribution in [0.5, 0.6) is 17.2 Å². The van der Waals surface area contributed by atoms with Gasteiger partial charge in [-0.2, -0.15) is 0 Å². The van der Waals surface area contributed by atoms with E-state index in [1.165, 1.54) is 33.5 Å². The zero-order chi connectivity index (χ0) is 22.5. The van der Waals surface area contributed by atoms with Crippen molar-refractivity contribution in [1.29, 1.82) is 0 Å². The summed E-state index contributed by atoms with van der Waals surface area (Å²) >= 11 is 7.15. The van der Waals surface area contributed by atoms with E-state index in [4.69, 9.17) is 25.8 Å². The van der Waals surface area contributed by atoms with Gasteiger partial charge in [-0.15, -0.1) is 0 Å². The molecule has 0 aliphatic rings. The maximum atomic E-state index is 12.8. The normalized spacial score (nSPS) is 10.4. The lowest BCUT2D eigenvalue weighted by molar-refractivity contribution is 0.101. The summed E-state index contributed by atoms with van der Waals surface area (Å²) in [6.07, 6.45) is 0. The molecule has 3 rings (SSSR count). The van der Waals surface area contributed by atoms with Gasteiger partial charge in [-0.25, -0.2) is 4.98 Å². The summed E-state index contributed by atoms with van der Waals surface area (Å²) in [4.78, 5) is 30.0. The Morgan fingerprint density at radius 3 is 2.19 bits per heavy atom. The monoisotopic (exact) mass is 461 g/mol. The van der Waals surface area contributed by atoms with Crippen LogP contribution in [0.4, 0.5) is 10.8 Å². The fourth-order valence-electron chi connectivity index (χ4n) is 2.78. The van der Waals surface area contributed by atoms with Crippen molar-refractivity contribution in [2.45, 2.75) is 6.92 Å². The van der Waals surface area contributed by atoms with Crippen LogP contribution in [0.25, 0.3) is 0 Å². The molecule has 1 heterocycles. The van der Waals surface area contributed by atoms with Gasteiger partial charge in [-0.05, 0) is 31.2 Å². The van der Waals surface area contributed by atoms with Crippen LogP contribution in [-0.4, -0.2) is 38.1 Å². The number of anilines is 2. The van der Waals surface area contributed by atoms with E-state index >= 15 is 0 Å². The number of carbonyl (C=O) groups is 2. The summed E-state index contributed by atoms with van der Waals surface area (Å²) in [5.74, 6) is 0.275. The Hall–Kier alpha value is -3.30. The number of nitrogens with one attached hydrogen (secondary N) is 2. The molecule has 0 saturated heterocycles. The second-order valence-corrected chi connectivity index (χ2v) is 7.64. The summed E-state index contributed by atoms with van der Waals surface area (Å²) in [6, 6.07) is 9.98. The Morgan fingerprint density at radius 1 is 0.968 bits per heavy atom. The molecule has 8 nitrogen and oxygen atoms in total. The standard InChI is InChI=1S/C21H20ClN3O5S/c1-11-18(20(27)24-14-8-6-5-7-13(14)22)31-21(23-11)25-19(26)12-9-15(28-2)17(30-4)16(10-12)29-3/h5-10H,1-4H3,(H,24,27)(H,23,25,26). The predicted octanol–water partition coefficient (Wildman–Crippen LogP) is 4.64. The number of thiazole rings is 1. The van der Waals surface area contributed by atoms with Crippen molar-refractivity contribution in [3.63, 3.8) is 0 Å². The Labute approximate surface area is 188 Å². The Kier molecular flexibility index (Phi) is 6.98. The quantitative estimate of drug-likeness (QED) is 0.532. The molecule has 0 aliphatic heterocycles. The van der Waals surface area contributed by atoms with E-state index in [9.17, 15) is 9.59 Å². The summed E-state index contributed by atoms with van der Waals surface area (Å²) in [6.45, 7) is 1.69. The molecule has 0 aliphatic carbocycles. The fourth-order valence-corrected chi connectivity index (χ4v) is 3.82. The number of amides is 2. The van der Waals surface area contributed by atoms with Crippen molar-refractivity contribution in [2.24, 2.45) is 0 Å². The highest BCUT2D eigenvalue weighted by atomic mass is 35.5. The van der Waals surface area contributed by atoms with Crippen LogP contribution in [0.3, 0.4) is 0 Å². The van der Waals surface area contributed by atoms with Gasteiger partial charge in [0, 0.05) is 5.56 Å². The predicted molar refractivity (Wildman–Crippen MR) is 120 cm³/mol. The molecule has 2 N–H and O–H groups in total. The van der Waals surface area contributed by atoms with Gasteiger partial charge in [0.1, 0.15) is 4.88 Å². The topological polar surface area (TPSA) is 98.8 Å². The number of hydrogen-bond acceptors (Lipinski definition) is 7. The van der Waals surface area contributed by atoms with Gasteiger partial charge < -0.3 is 19.5 Å². The number of hydrogen-bond donors (Lipinski definition) is 2. The number of halogens is 1. The second-order valence-electron chi connectivity index (χ2n) is 6.24. The molecule has 3 aromatic rings. The maximum Gasteiger partial charge on any atom is 0.267 e. The highest BCUT2D eigenvalue weighted by Crippen LogP contribution is 2.38. The number of rotatable bonds is 7. The van der Waals surface area contributed by atoms with Crippen molar-refractivity contribution < 1.29 is 23.8 Å². The first kappa shape index (κ1) is 22.4. The SMILES string of the molecule is COc1cc(C(=O)Nc2nc(C)c(C(=O)Nc3ccccc3Cl)s2)cc(OC)c1OC. The number of para-hydroxylation sites is 1. The number of aromatic nitrogens is 1. The maximum absolute atomic E-state index is 12.8. The van der Waals surface area contributed by atoms with E-state index in [0.29, 0.717) is 38.5 Å². The van der Waals surface area contributed by atoms with Crippen LogP contribution in [0, 0.1) is 6.92 Å². The average molecular weight is 462 g/mol. The number of benzene rings is 2. The van der Waals surface area contributed by atoms with Gasteiger partial charge in [-0.3, -0.25) is 14.9 Å². The number of carbonyl (C=O) groups excluding carboxylic acids is 2. The smallest absolute Gasteiger partial charge is 0.267 e. The van der Waals surface area contributed by atoms with Crippen molar-refractivity contribution >= 4 is 45.6 Å². The van der Waals surface area contributed by atoms with Crippen molar-refractivity contribution in [3.8, 4) is 17.2 Å². The molecule has 10 heteroatoms. The Bertz CT molecular complexity index is 1110. The first-order valence-corrected chi connectivity index (χ1v) is 10.2. The third-order valence-electron chi connectivity index (χ3n) is 4.27. The highest BCUT2D eigenvalue weighted by molar-refractivity contribution is 7.17. The summed E-state index contributed by atoms with van der Waals surface area (Å²) < 4.78 is 15.8. The average Bonchev–Trinajstić information content (AvgIpc) is 3.14. The number of ether oxygens (including phenoxy) is 3. The van der Waals surface area contributed by atoms with E-state index in [1.54, 1.807) is 31.2 Å². The second kappa shape index (κ2) is 9.67. The van der Waals surface area contributed by atoms with Gasteiger partial charge >= 0.3 is 0 Å². The summed E-state index contributed by atoms with van der Waals surface area (Å²) in [5.41, 5.74) is 1.25. The molecular formula is C21H20ClN3O5S. The Morgan fingerprint density at radius 2 is 1.61 bits per heavy atom. The van der Waals surface area contributed by atoms with Crippen molar-refractivity contribution in [2.75, 3.05) is 32.0 Å². The molecule has 2 amide bonds. The zero-order valence-corrected chi connectivity index (χ0v) is 18.8. The highest BCUT2D eigenvalue weighted by Gasteiger charge is 2.20. The zero-order valence-electron chi connectivity index (χ0n) is 17.2. The van der Waals surface area contributed by atoms with Crippen LogP contribution in [-0.2, 0) is 0 Å². The fraction of sp³-hybridized carbons (Fsp3) is 0.190. The minimum atomic E-state index is -0.439. The van der Waals surface area contributed by atoms with Gasteiger partial charge in [0.05, 0.1) is 37.7 Å².